The summed E-state index contributed by atoms with van der Waals surface area (Å²) in [4.78, 5) is 24.6. The molecule has 0 aliphatic rings. The van der Waals surface area contributed by atoms with Crippen molar-refractivity contribution in [1.82, 2.24) is 0 Å². The zero-order valence-electron chi connectivity index (χ0n) is 9.00. The molecule has 0 radical (unpaired) electrons. The van der Waals surface area contributed by atoms with Crippen molar-refractivity contribution in [2.75, 3.05) is 5.73 Å². The van der Waals surface area contributed by atoms with Gasteiger partial charge in [-0.3, -0.25) is 0 Å². The first-order valence-corrected chi connectivity index (χ1v) is 6.70. The molecule has 1 rings (SSSR count). The van der Waals surface area contributed by atoms with Gasteiger partial charge in [-0.2, -0.15) is 0 Å². The van der Waals surface area contributed by atoms with Crippen molar-refractivity contribution in [3.8, 4) is 0 Å². The maximum absolute atomic E-state index is 8.20. The Morgan fingerprint density at radius 1 is 1.12 bits per heavy atom. The fraction of sp³-hybridized carbons (Fsp3) is 0.0909. The summed E-state index contributed by atoms with van der Waals surface area (Å²) >= 11 is 0. The Morgan fingerprint density at radius 2 is 1.62 bits per heavy atom. The third kappa shape index (κ3) is 7.95. The van der Waals surface area contributed by atoms with Gasteiger partial charge >= 0.3 is 8.80 Å². The van der Waals surface area contributed by atoms with Gasteiger partial charge in [0.05, 0.1) is 0 Å². The Labute approximate surface area is 96.4 Å². The van der Waals surface area contributed by atoms with Crippen LogP contribution in [0.5, 0.6) is 0 Å². The van der Waals surface area contributed by atoms with Crippen LogP contribution < -0.4 is 5.73 Å². The molecule has 0 aromatic heterocycles. The number of rotatable bonds is 3. The van der Waals surface area contributed by atoms with E-state index >= 15 is 0 Å². The highest BCUT2D eigenvalue weighted by Crippen LogP contribution is 2.05. The quantitative estimate of drug-likeness (QED) is 0.360. The van der Waals surface area contributed by atoms with Crippen molar-refractivity contribution < 1.29 is 14.4 Å². The number of nitrogens with two attached hydrogens (primary N) is 1. The van der Waals surface area contributed by atoms with E-state index in [-0.39, 0.29) is 6.04 Å². The Bertz CT molecular complexity index is 330. The van der Waals surface area contributed by atoms with E-state index in [0.29, 0.717) is 0 Å². The first-order valence-electron chi connectivity index (χ1n) is 4.65. The molecule has 88 valence electrons. The molecule has 0 saturated carbocycles. The van der Waals surface area contributed by atoms with Gasteiger partial charge in [0, 0.05) is 11.7 Å². The van der Waals surface area contributed by atoms with Gasteiger partial charge in [-0.15, -0.1) is 6.58 Å². The van der Waals surface area contributed by atoms with Gasteiger partial charge in [0.1, 0.15) is 0 Å². The highest BCUT2D eigenvalue weighted by Gasteiger charge is 2.23. The van der Waals surface area contributed by atoms with Crippen LogP contribution in [0.2, 0.25) is 6.04 Å². The molecule has 0 spiro atoms. The van der Waals surface area contributed by atoms with Gasteiger partial charge in [0.25, 0.3) is 0 Å². The minimum absolute atomic E-state index is 0.0903. The van der Waals surface area contributed by atoms with Crippen LogP contribution in [0.4, 0.5) is 5.69 Å². The van der Waals surface area contributed by atoms with E-state index in [2.05, 4.69) is 13.2 Å². The van der Waals surface area contributed by atoms with E-state index in [1.165, 1.54) is 6.08 Å². The van der Waals surface area contributed by atoms with E-state index in [0.717, 1.165) is 11.3 Å². The van der Waals surface area contributed by atoms with Crippen LogP contribution in [0.15, 0.2) is 43.5 Å². The average molecular weight is 239 g/mol. The van der Waals surface area contributed by atoms with Gasteiger partial charge in [0.2, 0.25) is 0 Å². The number of hydrogen-bond donors (Lipinski definition) is 4. The van der Waals surface area contributed by atoms with Crippen molar-refractivity contribution in [2.45, 2.75) is 6.04 Å². The monoisotopic (exact) mass is 239 g/mol. The second kappa shape index (κ2) is 6.97. The number of anilines is 1. The molecule has 0 unspecified atom stereocenters. The fourth-order valence-corrected chi connectivity index (χ4v) is 1.21. The lowest BCUT2D eigenvalue weighted by Gasteiger charge is -2.02. The van der Waals surface area contributed by atoms with Crippen molar-refractivity contribution >= 4 is 20.6 Å². The Balaban J connectivity index is 0.000000293. The molecule has 0 saturated heterocycles. The van der Waals surface area contributed by atoms with Crippen LogP contribution in [0.25, 0.3) is 6.08 Å². The van der Waals surface area contributed by atoms with Gasteiger partial charge in [0.15, 0.2) is 0 Å². The average Bonchev–Trinajstić information content (AvgIpc) is 2.18. The van der Waals surface area contributed by atoms with Crippen LogP contribution in [-0.4, -0.2) is 23.2 Å². The minimum atomic E-state index is -3.78. The molecule has 5 heteroatoms. The molecule has 0 bridgehead atoms. The molecule has 5 N–H and O–H groups in total. The predicted octanol–water partition coefficient (Wildman–Crippen LogP) is 1.00. The van der Waals surface area contributed by atoms with Crippen molar-refractivity contribution in [3.05, 3.63) is 49.1 Å². The standard InChI is InChI=1S/C8H9N.C3H8O3Si/c1-2-7-3-5-8(9)6-4-7;1-2-3-7(4,5)6/h2-6H,1,9H2;2,4-6H,1,3H2. The van der Waals surface area contributed by atoms with Crippen LogP contribution in [0, 0.1) is 0 Å². The molecule has 0 aliphatic heterocycles. The molecular weight excluding hydrogens is 222 g/mol. The van der Waals surface area contributed by atoms with Gasteiger partial charge in [-0.1, -0.05) is 30.9 Å². The smallest absolute Gasteiger partial charge is 0.399 e. The number of hydrogen-bond acceptors (Lipinski definition) is 4. The summed E-state index contributed by atoms with van der Waals surface area (Å²) < 4.78 is 0. The summed E-state index contributed by atoms with van der Waals surface area (Å²) in [6, 6.07) is 7.49. The molecule has 1 aromatic carbocycles. The zero-order chi connectivity index (χ0) is 12.6. The molecule has 0 aliphatic carbocycles. The fourth-order valence-electron chi connectivity index (χ4n) is 0.826. The van der Waals surface area contributed by atoms with Gasteiger partial charge < -0.3 is 20.1 Å². The maximum atomic E-state index is 8.20. The van der Waals surface area contributed by atoms with Crippen LogP contribution in [0.3, 0.4) is 0 Å². The molecule has 0 fully saturated rings. The normalized spacial score (nSPS) is 9.94. The molecule has 0 amide bonds. The van der Waals surface area contributed by atoms with Crippen LogP contribution >= 0.6 is 0 Å². The van der Waals surface area contributed by atoms with Crippen LogP contribution in [0.1, 0.15) is 5.56 Å². The summed E-state index contributed by atoms with van der Waals surface area (Å²) in [7, 11) is -3.78. The summed E-state index contributed by atoms with van der Waals surface area (Å²) in [5.74, 6) is 0. The third-order valence-corrected chi connectivity index (χ3v) is 2.43. The van der Waals surface area contributed by atoms with Crippen molar-refractivity contribution in [2.24, 2.45) is 0 Å². The molecule has 4 nitrogen and oxygen atoms in total. The Kier molecular flexibility index (Phi) is 6.36. The first-order chi connectivity index (χ1) is 7.39. The lowest BCUT2D eigenvalue weighted by Crippen LogP contribution is -2.33. The molecular formula is C11H17NO3Si. The predicted molar refractivity (Wildman–Crippen MR) is 68.4 cm³/mol. The number of nitrogen functional groups attached to an aromatic ring is 1. The zero-order valence-corrected chi connectivity index (χ0v) is 10.0. The summed E-state index contributed by atoms with van der Waals surface area (Å²) in [6.45, 7) is 6.82. The second-order valence-corrected chi connectivity index (χ2v) is 5.09. The summed E-state index contributed by atoms with van der Waals surface area (Å²) in [6.07, 6.45) is 3.06. The molecule has 1 aromatic rings. The van der Waals surface area contributed by atoms with E-state index in [1.807, 2.05) is 24.3 Å². The first kappa shape index (κ1) is 14.6. The van der Waals surface area contributed by atoms with E-state index in [4.69, 9.17) is 20.1 Å². The Morgan fingerprint density at radius 3 is 1.88 bits per heavy atom. The minimum Gasteiger partial charge on any atom is -0.399 e. The highest BCUT2D eigenvalue weighted by atomic mass is 28.4. The van der Waals surface area contributed by atoms with E-state index < -0.39 is 8.80 Å². The molecule has 16 heavy (non-hydrogen) atoms. The van der Waals surface area contributed by atoms with Crippen molar-refractivity contribution in [3.63, 3.8) is 0 Å². The van der Waals surface area contributed by atoms with Gasteiger partial charge in [-0.05, 0) is 17.7 Å². The lowest BCUT2D eigenvalue weighted by molar-refractivity contribution is 0.233. The van der Waals surface area contributed by atoms with E-state index in [1.54, 1.807) is 6.08 Å². The van der Waals surface area contributed by atoms with Crippen LogP contribution in [-0.2, 0) is 0 Å². The lowest BCUT2D eigenvalue weighted by atomic mass is 10.2. The number of benzene rings is 1. The van der Waals surface area contributed by atoms with Crippen molar-refractivity contribution in [1.29, 1.82) is 0 Å². The number of allylic oxidation sites excluding steroid dienone is 1. The molecule has 0 atom stereocenters. The Hall–Kier alpha value is -1.40. The summed E-state index contributed by atoms with van der Waals surface area (Å²) in [5, 5.41) is 0. The SMILES string of the molecule is C=CC[Si](O)(O)O.C=Cc1ccc(N)cc1. The van der Waals surface area contributed by atoms with E-state index in [9.17, 15) is 0 Å². The van der Waals surface area contributed by atoms with Gasteiger partial charge in [-0.25, -0.2) is 0 Å². The summed E-state index contributed by atoms with van der Waals surface area (Å²) in [5.41, 5.74) is 7.34. The molecule has 0 heterocycles. The highest BCUT2D eigenvalue weighted by molar-refractivity contribution is 6.56. The largest absolute Gasteiger partial charge is 0.496 e. The third-order valence-electron chi connectivity index (χ3n) is 1.59. The topological polar surface area (TPSA) is 86.7 Å². The maximum Gasteiger partial charge on any atom is 0.496 e. The second-order valence-electron chi connectivity index (χ2n) is 3.14.